The Labute approximate surface area is 553 Å². The van der Waals surface area contributed by atoms with Crippen LogP contribution in [0.5, 0.6) is 0 Å². The number of benzene rings is 9. The number of rotatable bonds is 10. The molecule has 0 fully saturated rings. The van der Waals surface area contributed by atoms with E-state index in [2.05, 4.69) is 68.2 Å². The second kappa shape index (κ2) is 38.4. The first-order valence-electron chi connectivity index (χ1n) is 28.0. The molecule has 0 atom stereocenters. The predicted octanol–water partition coefficient (Wildman–Crippen LogP) is 18.9. The number of aromatic amines is 1. The monoisotopic (exact) mass is 1390 g/mol. The fourth-order valence-electron chi connectivity index (χ4n) is 7.84. The topological polar surface area (TPSA) is 215 Å². The molecule has 0 amide bonds. The summed E-state index contributed by atoms with van der Waals surface area (Å²) in [4.78, 5) is 2.69. The van der Waals surface area contributed by atoms with Crippen molar-refractivity contribution in [2.24, 2.45) is 4.78 Å². The minimum atomic E-state index is -1.45. The Hall–Kier alpha value is -9.36. The molecule has 472 valence electrons. The molecule has 0 unspecified atom stereocenters. The molecule has 0 radical (unpaired) electrons. The highest BCUT2D eigenvalue weighted by Crippen LogP contribution is 2.33. The highest BCUT2D eigenvalue weighted by Gasteiger charge is 2.29. The van der Waals surface area contributed by atoms with Gasteiger partial charge in [-0.1, -0.05) is 202 Å². The van der Waals surface area contributed by atoms with Crippen molar-refractivity contribution in [2.45, 2.75) is 85.4 Å². The van der Waals surface area contributed by atoms with Crippen molar-refractivity contribution in [1.29, 1.82) is 15.8 Å². The maximum Gasteiger partial charge on any atom is 0.488 e. The average molecular weight is 1390 g/mol. The summed E-state index contributed by atoms with van der Waals surface area (Å²) < 4.78 is 72.1. The van der Waals surface area contributed by atoms with E-state index in [9.17, 15) is 22.0 Å². The molecule has 12 nitrogen and oxygen atoms in total. The first kappa shape index (κ1) is 76.9. The second-order valence-electron chi connectivity index (χ2n) is 21.9. The van der Waals surface area contributed by atoms with Crippen LogP contribution in [0, 0.1) is 70.0 Å². The van der Waals surface area contributed by atoms with Gasteiger partial charge in [0.25, 0.3) is 0 Å². The Morgan fingerprint density at radius 2 is 0.946 bits per heavy atom. The largest absolute Gasteiger partial charge is 0.488 e. The van der Waals surface area contributed by atoms with Gasteiger partial charge in [0, 0.05) is 16.7 Å². The summed E-state index contributed by atoms with van der Waals surface area (Å²) in [6, 6.07) is 67.9. The quantitative estimate of drug-likeness (QED) is 0.0393. The maximum atomic E-state index is 14.4. The number of tetrazole rings is 1. The molecule has 0 aliphatic carbocycles. The molecule has 10 rings (SSSR count). The average Bonchev–Trinajstić information content (AvgIpc) is 1.25. The number of aryl methyl sites for hydroxylation is 1. The van der Waals surface area contributed by atoms with Gasteiger partial charge in [0.1, 0.15) is 37.3 Å². The van der Waals surface area contributed by atoms with E-state index in [-0.39, 0.29) is 49.4 Å². The number of halogens is 7. The van der Waals surface area contributed by atoms with Crippen LogP contribution >= 0.6 is 31.9 Å². The molecule has 0 saturated heterocycles. The van der Waals surface area contributed by atoms with Crippen molar-refractivity contribution in [3.8, 4) is 51.6 Å². The van der Waals surface area contributed by atoms with Gasteiger partial charge < -0.3 is 10.0 Å². The van der Waals surface area contributed by atoms with Gasteiger partial charge in [-0.2, -0.15) is 21.0 Å². The molecule has 0 bridgehead atoms. The van der Waals surface area contributed by atoms with E-state index < -0.39 is 26.2 Å². The molecule has 10 aromatic rings. The van der Waals surface area contributed by atoms with Crippen molar-refractivity contribution >= 4 is 52.7 Å². The van der Waals surface area contributed by atoms with E-state index in [1.807, 2.05) is 168 Å². The van der Waals surface area contributed by atoms with E-state index in [0.717, 1.165) is 27.8 Å². The molecular formula is C71H70BBr2F5N10O2Si. The van der Waals surface area contributed by atoms with Crippen molar-refractivity contribution in [3.63, 3.8) is 0 Å². The summed E-state index contributed by atoms with van der Waals surface area (Å²) in [5.74, 6) is -0.807. The lowest BCUT2D eigenvalue weighted by atomic mass is 9.81. The fourth-order valence-corrected chi connectivity index (χ4v) is 8.61. The summed E-state index contributed by atoms with van der Waals surface area (Å²) in [6.45, 7) is 15.3. The van der Waals surface area contributed by atoms with Gasteiger partial charge >= 0.3 is 7.12 Å². The van der Waals surface area contributed by atoms with E-state index >= 15 is 0 Å². The van der Waals surface area contributed by atoms with E-state index in [1.165, 1.54) is 24.3 Å². The Kier molecular flexibility index (Phi) is 32.1. The number of hydrogen-bond donors (Lipinski definition) is 3. The van der Waals surface area contributed by atoms with Crippen molar-refractivity contribution in [3.05, 3.63) is 294 Å². The number of nitrogens with one attached hydrogen (secondary N) is 1. The molecule has 1 heterocycles. The number of H-pyrrole nitrogens is 1. The molecule has 0 spiro atoms. The minimum absolute atomic E-state index is 0. The Balaban J connectivity index is 0.000000288. The third kappa shape index (κ3) is 25.5. The first-order valence-corrected chi connectivity index (χ1v) is 33.0. The van der Waals surface area contributed by atoms with E-state index in [1.54, 1.807) is 86.6 Å². The second-order valence-corrected chi connectivity index (χ2v) is 28.1. The summed E-state index contributed by atoms with van der Waals surface area (Å²) in [5, 5.41) is 57.0. The van der Waals surface area contributed by atoms with Crippen molar-refractivity contribution < 1.29 is 32.0 Å². The Bertz CT molecular complexity index is 4070. The molecule has 9 aromatic carbocycles. The lowest BCUT2D eigenvalue weighted by Crippen LogP contribution is -2.29. The van der Waals surface area contributed by atoms with Crippen LogP contribution in [0.25, 0.3) is 43.8 Å². The lowest BCUT2D eigenvalue weighted by molar-refractivity contribution is 0.426. The lowest BCUT2D eigenvalue weighted by Gasteiger charge is -2.21. The minimum Gasteiger partial charge on any atom is -0.423 e. The van der Waals surface area contributed by atoms with Crippen LogP contribution in [0.15, 0.2) is 226 Å². The third-order valence-corrected chi connectivity index (χ3v) is 14.9. The van der Waals surface area contributed by atoms with Gasteiger partial charge in [-0.05, 0) is 169 Å². The highest BCUT2D eigenvalue weighted by molar-refractivity contribution is 9.10. The molecule has 0 aliphatic rings. The van der Waals surface area contributed by atoms with Gasteiger partial charge in [0.05, 0.1) is 50.8 Å². The summed E-state index contributed by atoms with van der Waals surface area (Å²) in [6.07, 6.45) is 0.496. The molecule has 0 saturated carbocycles. The standard InChI is InChI=1S/C16H15FN4.C16H14FN.C14H10FN.C8H5BrFN.C7H6BrF.C6H7BO2.C3H9N3Si.CH4/c1-16(2,15-18-20-21-19-15)12-8-9-13(14(17)10-12)11-6-4-3-5-7-11;1-16(2,11-18)13-8-9-14(15(17)10-13)12-6-4-3-5-7-12;15-14-10-11(8-9-16)6-7-13(14)12-4-2-1-3-5-12;9-7-2-1-6(3-4-11)5-8(7)10;1-5-2-3-6(8)7(9)4-5;8-7(9)6-4-2-1-3-5-6;1-7(2,3)6-5-4;/h3-10H,1-2H3,(H,18,19,20,21);3-10H,1-2H3;1-7,10H,8H2;1-2,5H,3H2;2-4H,1H3;1-5,8-9H;1-3H3;1H4. The number of azide groups is 1. The van der Waals surface area contributed by atoms with Crippen LogP contribution in [-0.4, -0.2) is 46.0 Å². The summed E-state index contributed by atoms with van der Waals surface area (Å²) in [5.41, 5.74) is 15.4. The van der Waals surface area contributed by atoms with Crippen molar-refractivity contribution in [1.82, 2.24) is 20.6 Å². The van der Waals surface area contributed by atoms with Crippen LogP contribution in [-0.2, 0) is 23.7 Å². The SMILES string of the molecule is C.CC(C)(C#N)c1ccc(-c2ccccc2)c(F)c1.CC(C)(c1ccc(-c2ccccc2)c(F)c1)c1nn[nH]n1.C[Si](C)(C)N=[N+]=[N-].Cc1ccc(Br)c(F)c1.N#CCc1ccc(-c2ccccc2)c(F)c1.N#CCc1ccc(Br)c(F)c1.OB(O)c1ccccc1. The van der Waals surface area contributed by atoms with Crippen LogP contribution in [0.2, 0.25) is 19.6 Å². The molecule has 92 heavy (non-hydrogen) atoms. The van der Waals surface area contributed by atoms with Gasteiger partial charge in [0.2, 0.25) is 0 Å². The van der Waals surface area contributed by atoms with E-state index in [0.29, 0.717) is 53.6 Å². The fraction of sp³-hybridized carbons (Fsp3) is 0.183. The molecular weight excluding hydrogens is 1320 g/mol. The van der Waals surface area contributed by atoms with E-state index in [4.69, 9.17) is 31.4 Å². The summed E-state index contributed by atoms with van der Waals surface area (Å²) in [7, 11) is -2.79. The zero-order valence-electron chi connectivity index (χ0n) is 51.3. The van der Waals surface area contributed by atoms with Crippen LogP contribution < -0.4 is 5.46 Å². The normalized spacial score (nSPS) is 10.2. The highest BCUT2D eigenvalue weighted by atomic mass is 79.9. The number of aromatic nitrogens is 4. The molecule has 1 aromatic heterocycles. The maximum absolute atomic E-state index is 14.4. The zero-order chi connectivity index (χ0) is 67.2. The summed E-state index contributed by atoms with van der Waals surface area (Å²) >= 11 is 6.08. The molecule has 21 heteroatoms. The Morgan fingerprint density at radius 1 is 0.554 bits per heavy atom. The van der Waals surface area contributed by atoms with Crippen LogP contribution in [0.3, 0.4) is 0 Å². The number of nitrogens with zero attached hydrogens (tertiary/aromatic N) is 9. The van der Waals surface area contributed by atoms with Crippen LogP contribution in [0.4, 0.5) is 22.0 Å². The number of nitriles is 3. The van der Waals surface area contributed by atoms with Gasteiger partial charge in [-0.15, -0.1) is 15.0 Å². The zero-order valence-corrected chi connectivity index (χ0v) is 55.4. The third-order valence-electron chi connectivity index (χ3n) is 12.9. The molecule has 3 N–H and O–H groups in total. The Morgan fingerprint density at radius 3 is 1.28 bits per heavy atom. The van der Waals surface area contributed by atoms with Gasteiger partial charge in [-0.3, -0.25) is 0 Å². The smallest absolute Gasteiger partial charge is 0.423 e. The predicted molar refractivity (Wildman–Crippen MR) is 368 cm³/mol. The van der Waals surface area contributed by atoms with Crippen molar-refractivity contribution in [2.75, 3.05) is 0 Å². The van der Waals surface area contributed by atoms with Gasteiger partial charge in [-0.25, -0.2) is 22.0 Å². The van der Waals surface area contributed by atoms with Crippen LogP contribution in [0.1, 0.15) is 68.8 Å². The number of hydrogen-bond acceptors (Lipinski definition) is 9. The first-order chi connectivity index (χ1) is 43.2. The molecule has 0 aliphatic heterocycles. The van der Waals surface area contributed by atoms with Gasteiger partial charge in [0.15, 0.2) is 5.82 Å².